The van der Waals surface area contributed by atoms with Crippen LogP contribution < -0.4 is 5.32 Å². The lowest BCUT2D eigenvalue weighted by Crippen LogP contribution is -2.06. The maximum absolute atomic E-state index is 12.0. The number of nitrogens with one attached hydrogen (secondary N) is 1. The predicted molar refractivity (Wildman–Crippen MR) is 128 cm³/mol. The molecule has 0 bridgehead atoms. The Labute approximate surface area is 191 Å². The van der Waals surface area contributed by atoms with Crippen LogP contribution in [0.2, 0.25) is 5.02 Å². The standard InChI is InChI=1S/C24H20ClN3O2.ClH/c1-2-15-30-24(29)16-11-13-17(14-12-16)26-23-19-8-4-6-10-21(19)27-22(28-23)18-7-3-5-9-20(18)25;/h3-14H,2,15H2,1H3,(H,26,27,28);1H. The van der Waals surface area contributed by atoms with Gasteiger partial charge in [0.2, 0.25) is 0 Å². The molecule has 31 heavy (non-hydrogen) atoms. The number of nitrogens with zero attached hydrogens (tertiary/aromatic N) is 2. The van der Waals surface area contributed by atoms with Gasteiger partial charge in [-0.15, -0.1) is 12.4 Å². The lowest BCUT2D eigenvalue weighted by atomic mass is 10.1. The Morgan fingerprint density at radius 3 is 2.42 bits per heavy atom. The van der Waals surface area contributed by atoms with Gasteiger partial charge in [0.05, 0.1) is 22.7 Å². The molecule has 158 valence electrons. The topological polar surface area (TPSA) is 64.1 Å². The second-order valence-electron chi connectivity index (χ2n) is 6.73. The highest BCUT2D eigenvalue weighted by Gasteiger charge is 2.12. The first-order valence-corrected chi connectivity index (χ1v) is 10.1. The predicted octanol–water partition coefficient (Wildman–Crippen LogP) is 6.68. The van der Waals surface area contributed by atoms with Crippen molar-refractivity contribution in [3.63, 3.8) is 0 Å². The van der Waals surface area contributed by atoms with Gasteiger partial charge in [0.1, 0.15) is 5.82 Å². The normalized spacial score (nSPS) is 10.4. The van der Waals surface area contributed by atoms with Crippen LogP contribution in [0.3, 0.4) is 0 Å². The molecule has 1 N–H and O–H groups in total. The van der Waals surface area contributed by atoms with Crippen molar-refractivity contribution in [1.82, 2.24) is 9.97 Å². The zero-order valence-electron chi connectivity index (χ0n) is 16.8. The van der Waals surface area contributed by atoms with E-state index in [0.29, 0.717) is 28.8 Å². The number of carbonyl (C=O) groups excluding carboxylic acids is 1. The molecule has 1 aromatic heterocycles. The van der Waals surface area contributed by atoms with Crippen molar-refractivity contribution in [1.29, 1.82) is 0 Å². The molecule has 0 atom stereocenters. The molecule has 3 aromatic carbocycles. The number of fused-ring (bicyclic) bond motifs is 1. The van der Waals surface area contributed by atoms with E-state index in [1.54, 1.807) is 12.1 Å². The van der Waals surface area contributed by atoms with Gasteiger partial charge in [-0.3, -0.25) is 0 Å². The minimum atomic E-state index is -0.322. The molecule has 7 heteroatoms. The monoisotopic (exact) mass is 453 g/mol. The van der Waals surface area contributed by atoms with Crippen LogP contribution in [-0.4, -0.2) is 22.5 Å². The highest BCUT2D eigenvalue weighted by atomic mass is 35.5. The Kier molecular flexibility index (Phi) is 7.45. The van der Waals surface area contributed by atoms with Crippen LogP contribution >= 0.6 is 24.0 Å². The summed E-state index contributed by atoms with van der Waals surface area (Å²) in [5, 5.41) is 4.82. The molecule has 0 aliphatic carbocycles. The molecule has 0 aliphatic heterocycles. The molecule has 5 nitrogen and oxygen atoms in total. The molecule has 0 amide bonds. The largest absolute Gasteiger partial charge is 0.462 e. The summed E-state index contributed by atoms with van der Waals surface area (Å²) < 4.78 is 5.18. The first-order chi connectivity index (χ1) is 14.7. The van der Waals surface area contributed by atoms with Gasteiger partial charge in [-0.1, -0.05) is 42.8 Å². The van der Waals surface area contributed by atoms with Crippen LogP contribution in [0.4, 0.5) is 11.5 Å². The molecule has 0 fully saturated rings. The number of hydrogen-bond acceptors (Lipinski definition) is 5. The van der Waals surface area contributed by atoms with Gasteiger partial charge >= 0.3 is 5.97 Å². The van der Waals surface area contributed by atoms with Gasteiger partial charge in [0, 0.05) is 16.6 Å². The van der Waals surface area contributed by atoms with Crippen LogP contribution in [0.1, 0.15) is 23.7 Å². The highest BCUT2D eigenvalue weighted by molar-refractivity contribution is 6.33. The molecule has 0 aliphatic rings. The minimum absolute atomic E-state index is 0. The van der Waals surface area contributed by atoms with Gasteiger partial charge in [0.15, 0.2) is 5.82 Å². The molecule has 0 radical (unpaired) electrons. The molecular formula is C24H21Cl2N3O2. The van der Waals surface area contributed by atoms with E-state index >= 15 is 0 Å². The molecule has 0 unspecified atom stereocenters. The first-order valence-electron chi connectivity index (χ1n) is 9.71. The van der Waals surface area contributed by atoms with Gasteiger partial charge in [-0.25, -0.2) is 14.8 Å². The summed E-state index contributed by atoms with van der Waals surface area (Å²) in [6.45, 7) is 2.37. The Hall–Kier alpha value is -3.15. The van der Waals surface area contributed by atoms with Crippen molar-refractivity contribution >= 4 is 52.4 Å². The van der Waals surface area contributed by atoms with Gasteiger partial charge in [-0.2, -0.15) is 0 Å². The summed E-state index contributed by atoms with van der Waals surface area (Å²) >= 11 is 6.36. The zero-order chi connectivity index (χ0) is 20.9. The van der Waals surface area contributed by atoms with E-state index in [9.17, 15) is 4.79 Å². The van der Waals surface area contributed by atoms with Gasteiger partial charge in [-0.05, 0) is 55.0 Å². The smallest absolute Gasteiger partial charge is 0.338 e. The first kappa shape index (κ1) is 22.5. The number of rotatable bonds is 6. The molecule has 0 saturated carbocycles. The lowest BCUT2D eigenvalue weighted by molar-refractivity contribution is 0.0505. The van der Waals surface area contributed by atoms with E-state index in [-0.39, 0.29) is 18.4 Å². The van der Waals surface area contributed by atoms with E-state index < -0.39 is 0 Å². The quantitative estimate of drug-likeness (QED) is 0.329. The minimum Gasteiger partial charge on any atom is -0.462 e. The summed E-state index contributed by atoms with van der Waals surface area (Å²) in [5.41, 5.74) is 2.89. The highest BCUT2D eigenvalue weighted by Crippen LogP contribution is 2.30. The van der Waals surface area contributed by atoms with Crippen molar-refractivity contribution < 1.29 is 9.53 Å². The molecule has 4 rings (SSSR count). The van der Waals surface area contributed by atoms with E-state index in [1.807, 2.05) is 67.6 Å². The van der Waals surface area contributed by atoms with E-state index in [4.69, 9.17) is 21.3 Å². The third-order valence-corrected chi connectivity index (χ3v) is 4.87. The lowest BCUT2D eigenvalue weighted by Gasteiger charge is -2.12. The maximum Gasteiger partial charge on any atom is 0.338 e. The van der Waals surface area contributed by atoms with Gasteiger partial charge < -0.3 is 10.1 Å². The van der Waals surface area contributed by atoms with Crippen molar-refractivity contribution in [2.45, 2.75) is 13.3 Å². The summed E-state index contributed by atoms with van der Waals surface area (Å²) in [5.74, 6) is 0.885. The Morgan fingerprint density at radius 2 is 1.68 bits per heavy atom. The number of carbonyl (C=O) groups is 1. The molecule has 4 aromatic rings. The van der Waals surface area contributed by atoms with Crippen molar-refractivity contribution in [3.05, 3.63) is 83.4 Å². The fourth-order valence-electron chi connectivity index (χ4n) is 3.04. The number of esters is 1. The summed E-state index contributed by atoms with van der Waals surface area (Å²) in [6, 6.07) is 22.4. The van der Waals surface area contributed by atoms with Crippen LogP contribution in [-0.2, 0) is 4.74 Å². The van der Waals surface area contributed by atoms with Crippen molar-refractivity contribution in [3.8, 4) is 11.4 Å². The third-order valence-electron chi connectivity index (χ3n) is 4.54. The average Bonchev–Trinajstić information content (AvgIpc) is 2.78. The number of anilines is 2. The Bertz CT molecular complexity index is 1200. The summed E-state index contributed by atoms with van der Waals surface area (Å²) in [6.07, 6.45) is 0.792. The fraction of sp³-hybridized carbons (Fsp3) is 0.125. The summed E-state index contributed by atoms with van der Waals surface area (Å²) in [4.78, 5) is 21.4. The van der Waals surface area contributed by atoms with E-state index in [2.05, 4.69) is 10.3 Å². The van der Waals surface area contributed by atoms with Crippen LogP contribution in [0.15, 0.2) is 72.8 Å². The Balaban J connectivity index is 0.00000272. The van der Waals surface area contributed by atoms with Crippen molar-refractivity contribution in [2.24, 2.45) is 0 Å². The zero-order valence-corrected chi connectivity index (χ0v) is 18.4. The number of aromatic nitrogens is 2. The van der Waals surface area contributed by atoms with E-state index in [1.165, 1.54) is 0 Å². The second kappa shape index (κ2) is 10.2. The number of hydrogen-bond donors (Lipinski definition) is 1. The molecule has 0 saturated heterocycles. The molecule has 0 spiro atoms. The number of halogens is 2. The average molecular weight is 454 g/mol. The SMILES string of the molecule is CCCOC(=O)c1ccc(Nc2nc(-c3ccccc3Cl)nc3ccccc23)cc1.Cl. The summed E-state index contributed by atoms with van der Waals surface area (Å²) in [7, 11) is 0. The Morgan fingerprint density at radius 1 is 0.968 bits per heavy atom. The molecule has 1 heterocycles. The molecular weight excluding hydrogens is 433 g/mol. The fourth-order valence-corrected chi connectivity index (χ4v) is 3.26. The van der Waals surface area contributed by atoms with Crippen LogP contribution in [0.5, 0.6) is 0 Å². The number of benzene rings is 3. The van der Waals surface area contributed by atoms with Crippen LogP contribution in [0.25, 0.3) is 22.3 Å². The maximum atomic E-state index is 12.0. The number of ether oxygens (including phenoxy) is 1. The van der Waals surface area contributed by atoms with Crippen molar-refractivity contribution in [2.75, 3.05) is 11.9 Å². The van der Waals surface area contributed by atoms with Crippen LogP contribution in [0, 0.1) is 0 Å². The number of para-hydroxylation sites is 1. The second-order valence-corrected chi connectivity index (χ2v) is 7.14. The van der Waals surface area contributed by atoms with Gasteiger partial charge in [0.25, 0.3) is 0 Å². The third kappa shape index (κ3) is 5.13. The van der Waals surface area contributed by atoms with E-state index in [0.717, 1.165) is 28.6 Å².